The minimum Gasteiger partial charge on any atom is -0.508 e. The molecule has 2 heterocycles. The van der Waals surface area contributed by atoms with Crippen molar-refractivity contribution in [1.29, 1.82) is 0 Å². The number of ether oxygens (including phenoxy) is 1. The molecule has 10 nitrogen and oxygen atoms in total. The number of benzene rings is 4. The number of amides is 4. The molecule has 0 radical (unpaired) electrons. The number of phenolic OH excluding ortho intramolecular Hbond substituents is 2. The minimum absolute atomic E-state index is 0.00876. The van der Waals surface area contributed by atoms with Crippen molar-refractivity contribution in [2.24, 2.45) is 23.7 Å². The fourth-order valence-electron chi connectivity index (χ4n) is 9.23. The molecule has 0 aromatic heterocycles. The van der Waals surface area contributed by atoms with Gasteiger partial charge in [0.25, 0.3) is 11.8 Å². The van der Waals surface area contributed by atoms with Crippen LogP contribution in [0, 0.1) is 30.6 Å². The zero-order chi connectivity index (χ0) is 37.2. The van der Waals surface area contributed by atoms with Gasteiger partial charge < -0.3 is 14.9 Å². The molecule has 6 atom stereocenters. The molecule has 270 valence electrons. The van der Waals surface area contributed by atoms with Gasteiger partial charge in [-0.25, -0.2) is 0 Å². The fourth-order valence-corrected chi connectivity index (χ4v) is 9.45. The molecule has 2 saturated heterocycles. The van der Waals surface area contributed by atoms with E-state index in [1.807, 2.05) is 55.5 Å². The lowest BCUT2D eigenvalue weighted by molar-refractivity contribution is -0.141. The van der Waals surface area contributed by atoms with E-state index in [9.17, 15) is 24.6 Å². The first-order valence-electron chi connectivity index (χ1n) is 17.7. The number of aryl methyl sites for hydroxylation is 1. The number of likely N-dealkylation sites (tertiary alicyclic amines) is 1. The Morgan fingerprint density at radius 1 is 0.887 bits per heavy atom. The molecule has 2 aliphatic heterocycles. The summed E-state index contributed by atoms with van der Waals surface area (Å²) < 4.78 is 5.54. The van der Waals surface area contributed by atoms with Gasteiger partial charge in [0.15, 0.2) is 11.5 Å². The predicted molar refractivity (Wildman–Crippen MR) is 197 cm³/mol. The molecule has 2 aliphatic carbocycles. The second-order valence-electron chi connectivity index (χ2n) is 14.4. The Morgan fingerprint density at radius 3 is 2.30 bits per heavy atom. The third-order valence-electron chi connectivity index (χ3n) is 11.6. The Balaban J connectivity index is 1.27. The number of nitrogens with one attached hydrogen (secondary N) is 1. The van der Waals surface area contributed by atoms with Crippen LogP contribution >= 0.6 is 11.6 Å². The monoisotopic (exact) mass is 731 g/mol. The predicted octanol–water partition coefficient (Wildman–Crippen LogP) is 6.30. The first-order chi connectivity index (χ1) is 25.5. The van der Waals surface area contributed by atoms with Gasteiger partial charge in [-0.05, 0) is 85.2 Å². The summed E-state index contributed by atoms with van der Waals surface area (Å²) in [5, 5.41) is 21.6. The number of carbonyl (C=O) groups is 4. The zero-order valence-electron chi connectivity index (χ0n) is 29.2. The van der Waals surface area contributed by atoms with E-state index >= 15 is 4.79 Å². The number of aromatic hydroxyl groups is 2. The van der Waals surface area contributed by atoms with Crippen molar-refractivity contribution in [2.75, 3.05) is 19.1 Å². The first kappa shape index (κ1) is 34.5. The largest absolute Gasteiger partial charge is 0.508 e. The number of fused-ring (bicyclic) bond motifs is 4. The van der Waals surface area contributed by atoms with E-state index in [2.05, 4.69) is 5.43 Å². The molecule has 4 amide bonds. The number of anilines is 1. The number of allylic oxidation sites excluding steroid dienone is 2. The lowest BCUT2D eigenvalue weighted by atomic mass is 9.49. The van der Waals surface area contributed by atoms with Gasteiger partial charge >= 0.3 is 0 Å². The second kappa shape index (κ2) is 13.1. The van der Waals surface area contributed by atoms with E-state index < -0.39 is 46.8 Å². The topological polar surface area (TPSA) is 136 Å². The van der Waals surface area contributed by atoms with Crippen molar-refractivity contribution in [2.45, 2.75) is 37.5 Å². The smallest absolute Gasteiger partial charge is 0.260 e. The quantitative estimate of drug-likeness (QED) is 0.142. The lowest BCUT2D eigenvalue weighted by Crippen LogP contribution is -2.53. The van der Waals surface area contributed by atoms with Crippen LogP contribution in [0.5, 0.6) is 17.2 Å². The summed E-state index contributed by atoms with van der Waals surface area (Å²) in [6.45, 7) is 2.12. The van der Waals surface area contributed by atoms with E-state index in [0.29, 0.717) is 23.2 Å². The van der Waals surface area contributed by atoms with E-state index in [-0.39, 0.29) is 53.5 Å². The highest BCUT2D eigenvalue weighted by molar-refractivity contribution is 6.32. The minimum atomic E-state index is -1.49. The van der Waals surface area contributed by atoms with Crippen LogP contribution < -0.4 is 10.2 Å². The third kappa shape index (κ3) is 5.38. The summed E-state index contributed by atoms with van der Waals surface area (Å²) in [5.74, 6) is -5.15. The Kier molecular flexibility index (Phi) is 8.53. The highest BCUT2D eigenvalue weighted by Crippen LogP contribution is 2.64. The number of hydrogen-bond donors (Lipinski definition) is 3. The number of methoxy groups -OCH3 is 1. The fraction of sp³-hybridized carbons (Fsp3) is 0.286. The maximum atomic E-state index is 15.3. The number of phenols is 2. The number of rotatable bonds is 8. The van der Waals surface area contributed by atoms with Gasteiger partial charge in [0, 0.05) is 12.5 Å². The standard InChI is InChI=1S/C42H38ClN3O7/c1-23-8-12-27(13-9-23)44-46-39(50)32-22-31-29(16-17-30-35(31)40(51)45(38(30)49)19-18-24-10-14-28(47)15-11-24)36(25-20-33(43)37(48)34(21-25)53-2)42(32,41(46)52)26-6-4-3-5-7-26/h3-16,20-21,30-32,35-36,44,47-48H,17-19,22H2,1-2H3. The average molecular weight is 732 g/mol. The molecular formula is C42H38ClN3O7. The maximum absolute atomic E-state index is 15.3. The highest BCUT2D eigenvalue weighted by Gasteiger charge is 2.70. The Labute approximate surface area is 311 Å². The highest BCUT2D eigenvalue weighted by atomic mass is 35.5. The van der Waals surface area contributed by atoms with Gasteiger partial charge in [-0.3, -0.25) is 29.5 Å². The first-order valence-corrected chi connectivity index (χ1v) is 18.1. The van der Waals surface area contributed by atoms with Crippen molar-refractivity contribution in [1.82, 2.24) is 9.91 Å². The number of hydrogen-bond acceptors (Lipinski definition) is 8. The summed E-state index contributed by atoms with van der Waals surface area (Å²) in [6, 6.07) is 26.5. The lowest BCUT2D eigenvalue weighted by Gasteiger charge is -2.50. The number of nitrogens with zero attached hydrogens (tertiary/aromatic N) is 2. The Hall–Kier alpha value is -5.61. The van der Waals surface area contributed by atoms with Gasteiger partial charge in [0.2, 0.25) is 11.8 Å². The molecule has 0 bridgehead atoms. The summed E-state index contributed by atoms with van der Waals surface area (Å²) in [4.78, 5) is 59.9. The van der Waals surface area contributed by atoms with Gasteiger partial charge in [-0.2, -0.15) is 5.01 Å². The van der Waals surface area contributed by atoms with Gasteiger partial charge in [0.05, 0.1) is 41.0 Å². The van der Waals surface area contributed by atoms with Crippen molar-refractivity contribution < 1.29 is 34.1 Å². The molecule has 11 heteroatoms. The van der Waals surface area contributed by atoms with E-state index in [4.69, 9.17) is 16.3 Å². The normalized spacial score (nSPS) is 26.2. The number of carbonyl (C=O) groups excluding carboxylic acids is 4. The van der Waals surface area contributed by atoms with Crippen LogP contribution in [-0.4, -0.2) is 57.4 Å². The van der Waals surface area contributed by atoms with Gasteiger partial charge in [-0.1, -0.05) is 83.4 Å². The van der Waals surface area contributed by atoms with Crippen LogP contribution in [0.2, 0.25) is 5.02 Å². The molecule has 6 unspecified atom stereocenters. The van der Waals surface area contributed by atoms with Crippen molar-refractivity contribution in [3.05, 3.63) is 130 Å². The zero-order valence-corrected chi connectivity index (χ0v) is 29.9. The van der Waals surface area contributed by atoms with E-state index in [1.54, 1.807) is 48.5 Å². The molecule has 3 N–H and O–H groups in total. The van der Waals surface area contributed by atoms with Crippen LogP contribution in [-0.2, 0) is 31.0 Å². The molecule has 4 aliphatic rings. The molecular weight excluding hydrogens is 694 g/mol. The van der Waals surface area contributed by atoms with Crippen LogP contribution in [0.1, 0.15) is 41.0 Å². The van der Waals surface area contributed by atoms with E-state index in [1.165, 1.54) is 12.0 Å². The van der Waals surface area contributed by atoms with Crippen molar-refractivity contribution in [3.63, 3.8) is 0 Å². The van der Waals surface area contributed by atoms with Gasteiger partial charge in [0.1, 0.15) is 5.75 Å². The summed E-state index contributed by atoms with van der Waals surface area (Å²) in [7, 11) is 1.41. The second-order valence-corrected chi connectivity index (χ2v) is 14.8. The summed E-state index contributed by atoms with van der Waals surface area (Å²) in [5.41, 5.74) is 5.99. The molecule has 4 aromatic rings. The van der Waals surface area contributed by atoms with Crippen LogP contribution in [0.4, 0.5) is 5.69 Å². The Bertz CT molecular complexity index is 2170. The SMILES string of the molecule is COc1cc(C2C3=CCC4C(=O)N(CCc5ccc(O)cc5)C(=O)C4C3CC3C(=O)N(Nc4ccc(C)cc4)C(=O)C32c2ccccc2)cc(Cl)c1O. The number of hydrazine groups is 1. The van der Waals surface area contributed by atoms with E-state index in [0.717, 1.165) is 21.7 Å². The molecule has 4 aromatic carbocycles. The van der Waals surface area contributed by atoms with Gasteiger partial charge in [-0.15, -0.1) is 0 Å². The maximum Gasteiger partial charge on any atom is 0.260 e. The Morgan fingerprint density at radius 2 is 1.60 bits per heavy atom. The molecule has 8 rings (SSSR count). The van der Waals surface area contributed by atoms with Crippen LogP contribution in [0.15, 0.2) is 103 Å². The van der Waals surface area contributed by atoms with Crippen molar-refractivity contribution >= 4 is 40.9 Å². The third-order valence-corrected chi connectivity index (χ3v) is 11.9. The van der Waals surface area contributed by atoms with Crippen LogP contribution in [0.3, 0.4) is 0 Å². The molecule has 3 fully saturated rings. The number of imide groups is 2. The summed E-state index contributed by atoms with van der Waals surface area (Å²) >= 11 is 6.64. The summed E-state index contributed by atoms with van der Waals surface area (Å²) in [6.07, 6.45) is 2.83. The average Bonchev–Trinajstić information content (AvgIpc) is 3.54. The molecule has 0 spiro atoms. The van der Waals surface area contributed by atoms with Crippen LogP contribution in [0.25, 0.3) is 0 Å². The number of halogens is 1. The molecule has 53 heavy (non-hydrogen) atoms. The van der Waals surface area contributed by atoms with Crippen molar-refractivity contribution in [3.8, 4) is 17.2 Å². The molecule has 1 saturated carbocycles.